The predicted molar refractivity (Wildman–Crippen MR) is 93.1 cm³/mol. The molecule has 0 bridgehead atoms. The molecule has 0 radical (unpaired) electrons. The lowest BCUT2D eigenvalue weighted by molar-refractivity contribution is -0.128. The van der Waals surface area contributed by atoms with Gasteiger partial charge in [0.25, 0.3) is 0 Å². The minimum Gasteiger partial charge on any atom is -0.356 e. The van der Waals surface area contributed by atoms with Gasteiger partial charge in [0.05, 0.1) is 0 Å². The third-order valence-electron chi connectivity index (χ3n) is 3.79. The molecule has 23 heavy (non-hydrogen) atoms. The number of ketones is 1. The van der Waals surface area contributed by atoms with Crippen LogP contribution in [0.15, 0.2) is 54.6 Å². The summed E-state index contributed by atoms with van der Waals surface area (Å²) in [6, 6.07) is 18.2. The molecule has 0 aliphatic rings. The lowest BCUT2D eigenvalue weighted by atomic mass is 9.97. The summed E-state index contributed by atoms with van der Waals surface area (Å²) in [5.41, 5.74) is 3.28. The first-order chi connectivity index (χ1) is 11.1. The van der Waals surface area contributed by atoms with Crippen molar-refractivity contribution in [1.82, 2.24) is 5.32 Å². The highest BCUT2D eigenvalue weighted by Crippen LogP contribution is 2.19. The topological polar surface area (TPSA) is 46.2 Å². The molecule has 120 valence electrons. The summed E-state index contributed by atoms with van der Waals surface area (Å²) >= 11 is 0. The molecule has 0 unspecified atom stereocenters. The fraction of sp³-hybridized carbons (Fsp3) is 0.300. The van der Waals surface area contributed by atoms with E-state index in [0.29, 0.717) is 13.0 Å². The minimum atomic E-state index is -0.272. The molecule has 0 aliphatic carbocycles. The second-order valence-electron chi connectivity index (χ2n) is 5.78. The first-order valence-corrected chi connectivity index (χ1v) is 8.04. The number of rotatable bonds is 7. The van der Waals surface area contributed by atoms with Gasteiger partial charge in [-0.25, -0.2) is 0 Å². The van der Waals surface area contributed by atoms with Crippen LogP contribution in [0.3, 0.4) is 0 Å². The zero-order chi connectivity index (χ0) is 16.7. The van der Waals surface area contributed by atoms with Gasteiger partial charge in [0.2, 0.25) is 5.91 Å². The van der Waals surface area contributed by atoms with Crippen LogP contribution in [0.5, 0.6) is 0 Å². The monoisotopic (exact) mass is 309 g/mol. The highest BCUT2D eigenvalue weighted by molar-refractivity contribution is 5.87. The van der Waals surface area contributed by atoms with E-state index in [9.17, 15) is 9.59 Å². The number of nitrogens with one attached hydrogen (secondary N) is 1. The van der Waals surface area contributed by atoms with E-state index in [1.807, 2.05) is 49.4 Å². The predicted octanol–water partition coefficient (Wildman–Crippen LogP) is 3.63. The zero-order valence-electron chi connectivity index (χ0n) is 13.7. The van der Waals surface area contributed by atoms with Crippen LogP contribution < -0.4 is 5.32 Å². The first-order valence-electron chi connectivity index (χ1n) is 8.04. The largest absolute Gasteiger partial charge is 0.356 e. The highest BCUT2D eigenvalue weighted by atomic mass is 16.2. The van der Waals surface area contributed by atoms with Crippen molar-refractivity contribution in [3.8, 4) is 11.1 Å². The Balaban J connectivity index is 1.93. The van der Waals surface area contributed by atoms with E-state index in [4.69, 9.17) is 0 Å². The van der Waals surface area contributed by atoms with Crippen LogP contribution >= 0.6 is 0 Å². The van der Waals surface area contributed by atoms with E-state index in [2.05, 4.69) is 17.4 Å². The van der Waals surface area contributed by atoms with Crippen molar-refractivity contribution in [1.29, 1.82) is 0 Å². The van der Waals surface area contributed by atoms with E-state index < -0.39 is 0 Å². The summed E-state index contributed by atoms with van der Waals surface area (Å²) in [5.74, 6) is -0.234. The molecule has 0 heterocycles. The van der Waals surface area contributed by atoms with Crippen molar-refractivity contribution in [2.75, 3.05) is 6.54 Å². The number of carbonyl (C=O) groups excluding carboxylic acids is 2. The standard InChI is InChI=1S/C20H23NO2/c1-3-21-20(23)15(2)13-19(22)14-16-9-11-18(12-10-16)17-7-5-4-6-8-17/h4-12,15H,3,13-14H2,1-2H3,(H,21,23)/t15-/m1/s1. The molecule has 0 saturated heterocycles. The van der Waals surface area contributed by atoms with Gasteiger partial charge in [0.15, 0.2) is 0 Å². The van der Waals surface area contributed by atoms with Crippen LogP contribution in [-0.4, -0.2) is 18.2 Å². The third kappa shape index (κ3) is 5.06. The maximum atomic E-state index is 12.1. The molecule has 2 rings (SSSR count). The summed E-state index contributed by atoms with van der Waals surface area (Å²) < 4.78 is 0. The average Bonchev–Trinajstić information content (AvgIpc) is 2.56. The SMILES string of the molecule is CCNC(=O)[C@H](C)CC(=O)Cc1ccc(-c2ccccc2)cc1. The molecule has 1 atom stereocenters. The van der Waals surface area contributed by atoms with Crippen LogP contribution in [0, 0.1) is 5.92 Å². The second-order valence-corrected chi connectivity index (χ2v) is 5.78. The van der Waals surface area contributed by atoms with Gasteiger partial charge < -0.3 is 5.32 Å². The summed E-state index contributed by atoms with van der Waals surface area (Å²) in [4.78, 5) is 23.8. The fourth-order valence-electron chi connectivity index (χ4n) is 2.53. The van der Waals surface area contributed by atoms with Gasteiger partial charge in [0.1, 0.15) is 5.78 Å². The van der Waals surface area contributed by atoms with Crippen LogP contribution in [0.4, 0.5) is 0 Å². The molecule has 3 heteroatoms. The van der Waals surface area contributed by atoms with Crippen molar-refractivity contribution in [3.05, 3.63) is 60.2 Å². The van der Waals surface area contributed by atoms with Gasteiger partial charge in [-0.05, 0) is 23.6 Å². The lowest BCUT2D eigenvalue weighted by Gasteiger charge is -2.10. The van der Waals surface area contributed by atoms with Crippen molar-refractivity contribution in [2.45, 2.75) is 26.7 Å². The number of hydrogen-bond donors (Lipinski definition) is 1. The number of Topliss-reactive ketones (excluding diaryl/α,β-unsaturated/α-hetero) is 1. The Labute approximate surface area is 137 Å². The number of amides is 1. The number of hydrogen-bond acceptors (Lipinski definition) is 2. The summed E-state index contributed by atoms with van der Waals surface area (Å²) in [5, 5.41) is 2.75. The maximum absolute atomic E-state index is 12.1. The van der Waals surface area contributed by atoms with Gasteiger partial charge in [-0.1, -0.05) is 61.5 Å². The van der Waals surface area contributed by atoms with E-state index in [-0.39, 0.29) is 24.0 Å². The Morgan fingerprint density at radius 2 is 1.57 bits per heavy atom. The first kappa shape index (κ1) is 16.9. The van der Waals surface area contributed by atoms with Gasteiger partial charge in [-0.15, -0.1) is 0 Å². The Bertz CT molecular complexity index is 647. The second kappa shape index (κ2) is 8.28. The van der Waals surface area contributed by atoms with E-state index in [1.54, 1.807) is 6.92 Å². The van der Waals surface area contributed by atoms with Gasteiger partial charge in [0, 0.05) is 25.3 Å². The van der Waals surface area contributed by atoms with Crippen LogP contribution in [0.1, 0.15) is 25.8 Å². The molecular weight excluding hydrogens is 286 g/mol. The van der Waals surface area contributed by atoms with Gasteiger partial charge in [-0.2, -0.15) is 0 Å². The normalized spacial score (nSPS) is 11.7. The van der Waals surface area contributed by atoms with Gasteiger partial charge in [-0.3, -0.25) is 9.59 Å². The molecule has 0 saturated carbocycles. The smallest absolute Gasteiger partial charge is 0.223 e. The molecule has 0 aliphatic heterocycles. The van der Waals surface area contributed by atoms with Crippen molar-refractivity contribution < 1.29 is 9.59 Å². The quantitative estimate of drug-likeness (QED) is 0.849. The molecule has 0 aromatic heterocycles. The van der Waals surface area contributed by atoms with Crippen molar-refractivity contribution in [2.24, 2.45) is 5.92 Å². The minimum absolute atomic E-state index is 0.0553. The molecule has 2 aromatic carbocycles. The third-order valence-corrected chi connectivity index (χ3v) is 3.79. The number of carbonyl (C=O) groups is 2. The van der Waals surface area contributed by atoms with Crippen LogP contribution in [0.25, 0.3) is 11.1 Å². The molecule has 2 aromatic rings. The Kier molecular flexibility index (Phi) is 6.10. The Morgan fingerprint density at radius 1 is 0.957 bits per heavy atom. The number of benzene rings is 2. The van der Waals surface area contributed by atoms with Crippen LogP contribution in [-0.2, 0) is 16.0 Å². The molecule has 3 nitrogen and oxygen atoms in total. The molecule has 1 amide bonds. The van der Waals surface area contributed by atoms with E-state index in [0.717, 1.165) is 16.7 Å². The molecule has 0 spiro atoms. The average molecular weight is 309 g/mol. The van der Waals surface area contributed by atoms with E-state index >= 15 is 0 Å². The zero-order valence-corrected chi connectivity index (χ0v) is 13.7. The van der Waals surface area contributed by atoms with E-state index in [1.165, 1.54) is 0 Å². The lowest BCUT2D eigenvalue weighted by Crippen LogP contribution is -2.30. The highest BCUT2D eigenvalue weighted by Gasteiger charge is 2.16. The fourth-order valence-corrected chi connectivity index (χ4v) is 2.53. The summed E-state index contributed by atoms with van der Waals surface area (Å²) in [7, 11) is 0. The maximum Gasteiger partial charge on any atom is 0.223 e. The van der Waals surface area contributed by atoms with Crippen molar-refractivity contribution >= 4 is 11.7 Å². The van der Waals surface area contributed by atoms with Crippen LogP contribution in [0.2, 0.25) is 0 Å². The Morgan fingerprint density at radius 3 is 2.17 bits per heavy atom. The summed E-state index contributed by atoms with van der Waals surface area (Å²) in [6.07, 6.45) is 0.658. The molecular formula is C20H23NO2. The summed E-state index contributed by atoms with van der Waals surface area (Å²) in [6.45, 7) is 4.26. The molecule has 0 fully saturated rings. The molecule has 1 N–H and O–H groups in total. The Hall–Kier alpha value is -2.42. The van der Waals surface area contributed by atoms with Crippen molar-refractivity contribution in [3.63, 3.8) is 0 Å². The van der Waals surface area contributed by atoms with Gasteiger partial charge >= 0.3 is 0 Å².